The van der Waals surface area contributed by atoms with Gasteiger partial charge in [0.25, 0.3) is 5.91 Å². The Hall–Kier alpha value is -2.57. The molecule has 4 rings (SSSR count). The molecule has 0 aliphatic carbocycles. The second kappa shape index (κ2) is 5.01. The van der Waals surface area contributed by atoms with E-state index in [0.29, 0.717) is 24.0 Å². The van der Waals surface area contributed by atoms with Crippen LogP contribution in [0.2, 0.25) is 0 Å². The van der Waals surface area contributed by atoms with E-state index in [9.17, 15) is 4.79 Å². The van der Waals surface area contributed by atoms with Crippen molar-refractivity contribution < 1.29 is 14.3 Å². The van der Waals surface area contributed by atoms with Gasteiger partial charge in [-0.15, -0.1) is 0 Å². The summed E-state index contributed by atoms with van der Waals surface area (Å²) in [6.45, 7) is 3.23. The molecular weight excluding hydrogens is 284 g/mol. The second-order valence-electron chi connectivity index (χ2n) is 5.43. The van der Waals surface area contributed by atoms with E-state index in [1.165, 1.54) is 6.33 Å². The monoisotopic (exact) mass is 300 g/mol. The zero-order valence-corrected chi connectivity index (χ0v) is 12.2. The zero-order valence-electron chi connectivity index (χ0n) is 12.2. The number of carbonyl (C=O) groups excluding carboxylic acids is 1. The van der Waals surface area contributed by atoms with Crippen molar-refractivity contribution in [2.75, 3.05) is 11.4 Å². The summed E-state index contributed by atoms with van der Waals surface area (Å²) in [5.74, 6) is 1.69. The Bertz CT molecular complexity index is 714. The van der Waals surface area contributed by atoms with Crippen molar-refractivity contribution in [3.63, 3.8) is 0 Å². The third-order valence-electron chi connectivity index (χ3n) is 3.94. The Morgan fingerprint density at radius 1 is 1.23 bits per heavy atom. The van der Waals surface area contributed by atoms with E-state index in [4.69, 9.17) is 9.47 Å². The molecule has 2 aliphatic rings. The van der Waals surface area contributed by atoms with Crippen LogP contribution in [0.15, 0.2) is 30.6 Å². The first-order chi connectivity index (χ1) is 10.7. The van der Waals surface area contributed by atoms with Gasteiger partial charge in [-0.3, -0.25) is 9.69 Å². The smallest absolute Gasteiger partial charge is 0.274 e. The Morgan fingerprint density at radius 2 is 2.00 bits per heavy atom. The number of benzene rings is 1. The topological polar surface area (TPSA) is 69.5 Å². The third-order valence-corrected chi connectivity index (χ3v) is 3.94. The van der Waals surface area contributed by atoms with Crippen molar-refractivity contribution >= 4 is 11.9 Å². The van der Waals surface area contributed by atoms with Crippen LogP contribution < -0.4 is 14.4 Å². The molecule has 0 saturated carbocycles. The molecule has 3 heterocycles. The molecule has 114 valence electrons. The number of aromatic nitrogens is 3. The lowest BCUT2D eigenvalue weighted by Crippen LogP contribution is -2.52. The number of hydrogen-bond donors (Lipinski definition) is 0. The summed E-state index contributed by atoms with van der Waals surface area (Å²) in [5, 5.41) is 4.13. The minimum atomic E-state index is -0.682. The van der Waals surface area contributed by atoms with Crippen molar-refractivity contribution in [3.8, 4) is 11.5 Å². The lowest BCUT2D eigenvalue weighted by Gasteiger charge is -2.35. The van der Waals surface area contributed by atoms with Gasteiger partial charge in [-0.25, -0.2) is 4.68 Å². The highest BCUT2D eigenvalue weighted by molar-refractivity contribution is 5.96. The quantitative estimate of drug-likeness (QED) is 0.792. The minimum Gasteiger partial charge on any atom is -0.482 e. The summed E-state index contributed by atoms with van der Waals surface area (Å²) in [6, 6.07) is 7.38. The van der Waals surface area contributed by atoms with Crippen molar-refractivity contribution in [2.24, 2.45) is 0 Å². The molecule has 0 bridgehead atoms. The molecule has 0 fully saturated rings. The molecule has 7 heteroatoms. The van der Waals surface area contributed by atoms with Crippen LogP contribution in [-0.4, -0.2) is 39.4 Å². The lowest BCUT2D eigenvalue weighted by atomic mass is 10.1. The molecular formula is C15H16N4O3. The molecule has 0 saturated heterocycles. The Kier molecular flexibility index (Phi) is 2.99. The number of para-hydroxylation sites is 2. The van der Waals surface area contributed by atoms with Crippen molar-refractivity contribution in [1.82, 2.24) is 14.8 Å². The molecule has 2 unspecified atom stereocenters. The van der Waals surface area contributed by atoms with Crippen molar-refractivity contribution in [3.05, 3.63) is 30.6 Å². The number of ether oxygens (including phenoxy) is 2. The maximum atomic E-state index is 12.9. The summed E-state index contributed by atoms with van der Waals surface area (Å²) in [7, 11) is 0. The Balaban J connectivity index is 1.62. The summed E-state index contributed by atoms with van der Waals surface area (Å²) in [5.41, 5.74) is 0. The van der Waals surface area contributed by atoms with Gasteiger partial charge in [0.05, 0.1) is 0 Å². The van der Waals surface area contributed by atoms with E-state index in [1.807, 2.05) is 25.1 Å². The van der Waals surface area contributed by atoms with Crippen LogP contribution in [0.3, 0.4) is 0 Å². The highest BCUT2D eigenvalue weighted by atomic mass is 16.6. The highest BCUT2D eigenvalue weighted by Gasteiger charge is 2.39. The minimum absolute atomic E-state index is 0.143. The highest BCUT2D eigenvalue weighted by Crippen LogP contribution is 2.34. The zero-order chi connectivity index (χ0) is 15.1. The Labute approximate surface area is 127 Å². The van der Waals surface area contributed by atoms with E-state index in [2.05, 4.69) is 10.1 Å². The van der Waals surface area contributed by atoms with E-state index >= 15 is 0 Å². The third kappa shape index (κ3) is 2.01. The van der Waals surface area contributed by atoms with E-state index in [-0.39, 0.29) is 12.0 Å². The number of hydrogen-bond acceptors (Lipinski definition) is 5. The SMILES string of the molecule is CC1Oc2ccccc2OC1C(=O)N1CCCn2ncnc21. The molecule has 1 aromatic carbocycles. The summed E-state index contributed by atoms with van der Waals surface area (Å²) >= 11 is 0. The first kappa shape index (κ1) is 13.1. The maximum absolute atomic E-state index is 12.9. The Morgan fingerprint density at radius 3 is 2.82 bits per heavy atom. The first-order valence-corrected chi connectivity index (χ1v) is 7.35. The molecule has 22 heavy (non-hydrogen) atoms. The van der Waals surface area contributed by atoms with Crippen LogP contribution >= 0.6 is 0 Å². The summed E-state index contributed by atoms with van der Waals surface area (Å²) in [4.78, 5) is 18.7. The molecule has 0 spiro atoms. The molecule has 7 nitrogen and oxygen atoms in total. The van der Waals surface area contributed by atoms with Gasteiger partial charge in [0.2, 0.25) is 12.1 Å². The number of rotatable bonds is 1. The fourth-order valence-corrected chi connectivity index (χ4v) is 2.86. The van der Waals surface area contributed by atoms with Gasteiger partial charge in [-0.05, 0) is 25.5 Å². The van der Waals surface area contributed by atoms with Gasteiger partial charge < -0.3 is 9.47 Å². The molecule has 0 N–H and O–H groups in total. The number of amides is 1. The second-order valence-corrected chi connectivity index (χ2v) is 5.43. The van der Waals surface area contributed by atoms with E-state index in [0.717, 1.165) is 13.0 Å². The van der Waals surface area contributed by atoms with Crippen LogP contribution in [-0.2, 0) is 11.3 Å². The number of carbonyl (C=O) groups is 1. The summed E-state index contributed by atoms with van der Waals surface area (Å²) in [6.07, 6.45) is 1.28. The van der Waals surface area contributed by atoms with E-state index in [1.54, 1.807) is 15.6 Å². The van der Waals surface area contributed by atoms with Crippen LogP contribution in [0, 0.1) is 0 Å². The summed E-state index contributed by atoms with van der Waals surface area (Å²) < 4.78 is 13.4. The van der Waals surface area contributed by atoms with Crippen LogP contribution in [0.25, 0.3) is 0 Å². The fourth-order valence-electron chi connectivity index (χ4n) is 2.86. The fraction of sp³-hybridized carbons (Fsp3) is 0.400. The van der Waals surface area contributed by atoms with Gasteiger partial charge >= 0.3 is 0 Å². The molecule has 0 radical (unpaired) electrons. The lowest BCUT2D eigenvalue weighted by molar-refractivity contribution is -0.130. The average Bonchev–Trinajstić information content (AvgIpc) is 3.02. The molecule has 2 atom stereocenters. The first-order valence-electron chi connectivity index (χ1n) is 7.35. The van der Waals surface area contributed by atoms with Gasteiger partial charge in [0.1, 0.15) is 12.4 Å². The number of nitrogens with zero attached hydrogens (tertiary/aromatic N) is 4. The number of aryl methyl sites for hydroxylation is 1. The number of anilines is 1. The molecule has 1 aromatic heterocycles. The number of fused-ring (bicyclic) bond motifs is 2. The van der Waals surface area contributed by atoms with Gasteiger partial charge in [-0.1, -0.05) is 12.1 Å². The standard InChI is InChI=1S/C15H16N4O3/c1-10-13(22-12-6-3-2-5-11(12)21-10)14(20)18-7-4-8-19-15(18)16-9-17-19/h2-3,5-6,9-10,13H,4,7-8H2,1H3. The predicted octanol–water partition coefficient (Wildman–Crippen LogP) is 1.24. The van der Waals surface area contributed by atoms with Crippen LogP contribution in [0.1, 0.15) is 13.3 Å². The van der Waals surface area contributed by atoms with Crippen LogP contribution in [0.4, 0.5) is 5.95 Å². The van der Waals surface area contributed by atoms with Crippen molar-refractivity contribution in [1.29, 1.82) is 0 Å². The molecule has 1 amide bonds. The van der Waals surface area contributed by atoms with Gasteiger partial charge in [-0.2, -0.15) is 10.1 Å². The largest absolute Gasteiger partial charge is 0.482 e. The average molecular weight is 300 g/mol. The predicted molar refractivity (Wildman–Crippen MR) is 77.9 cm³/mol. The van der Waals surface area contributed by atoms with Gasteiger partial charge in [0.15, 0.2) is 11.5 Å². The molecule has 2 aromatic rings. The van der Waals surface area contributed by atoms with E-state index < -0.39 is 6.10 Å². The maximum Gasteiger partial charge on any atom is 0.274 e. The molecule has 2 aliphatic heterocycles. The van der Waals surface area contributed by atoms with Gasteiger partial charge in [0, 0.05) is 13.1 Å². The normalized spacial score (nSPS) is 23.0. The van der Waals surface area contributed by atoms with Crippen LogP contribution in [0.5, 0.6) is 11.5 Å². The van der Waals surface area contributed by atoms with Crippen molar-refractivity contribution in [2.45, 2.75) is 32.1 Å².